The number of nitrogens with zero attached hydrogens (tertiary/aromatic N) is 2. The van der Waals surface area contributed by atoms with Crippen molar-refractivity contribution in [3.8, 4) is 0 Å². The smallest absolute Gasteiger partial charge is 0.0640 e. The highest BCUT2D eigenvalue weighted by Crippen LogP contribution is 2.54. The van der Waals surface area contributed by atoms with Crippen LogP contribution in [0.2, 0.25) is 0 Å². The van der Waals surface area contributed by atoms with Crippen LogP contribution in [0.15, 0.2) is 12.3 Å². The average Bonchev–Trinajstić information content (AvgIpc) is 2.90. The summed E-state index contributed by atoms with van der Waals surface area (Å²) in [6, 6.07) is 3.50. The molecule has 3 nitrogen and oxygen atoms in total. The first-order chi connectivity index (χ1) is 10.1. The molecule has 2 fully saturated rings. The van der Waals surface area contributed by atoms with Crippen molar-refractivity contribution in [3.05, 3.63) is 18.0 Å². The number of hydrogen-bond acceptors (Lipinski definition) is 2. The third-order valence-corrected chi connectivity index (χ3v) is 5.58. The van der Waals surface area contributed by atoms with E-state index >= 15 is 0 Å². The summed E-state index contributed by atoms with van der Waals surface area (Å²) < 4.78 is 2.25. The lowest BCUT2D eigenvalue weighted by Crippen LogP contribution is -2.34. The zero-order valence-electron chi connectivity index (χ0n) is 13.9. The van der Waals surface area contributed by atoms with Gasteiger partial charge in [0.15, 0.2) is 0 Å². The summed E-state index contributed by atoms with van der Waals surface area (Å²) in [5.41, 5.74) is 1.80. The number of hydrogen-bond donors (Lipinski definition) is 1. The van der Waals surface area contributed by atoms with E-state index in [0.29, 0.717) is 17.5 Å². The highest BCUT2D eigenvalue weighted by Gasteiger charge is 2.49. The van der Waals surface area contributed by atoms with Gasteiger partial charge in [-0.25, -0.2) is 0 Å². The zero-order chi connectivity index (χ0) is 14.9. The molecule has 3 heteroatoms. The van der Waals surface area contributed by atoms with Crippen molar-refractivity contribution < 1.29 is 0 Å². The van der Waals surface area contributed by atoms with Crippen molar-refractivity contribution in [2.24, 2.45) is 11.3 Å². The van der Waals surface area contributed by atoms with Crippen LogP contribution < -0.4 is 5.32 Å². The lowest BCUT2D eigenvalue weighted by atomic mass is 9.96. The van der Waals surface area contributed by atoms with Gasteiger partial charge in [-0.15, -0.1) is 0 Å². The maximum absolute atomic E-state index is 4.89. The Balaban J connectivity index is 1.62. The number of nitrogens with one attached hydrogen (secondary N) is 1. The van der Waals surface area contributed by atoms with E-state index in [0.717, 1.165) is 18.9 Å². The third-order valence-electron chi connectivity index (χ3n) is 5.58. The molecule has 0 bridgehead atoms. The van der Waals surface area contributed by atoms with Gasteiger partial charge in [-0.05, 0) is 43.2 Å². The molecule has 2 atom stereocenters. The molecule has 2 unspecified atom stereocenters. The van der Waals surface area contributed by atoms with E-state index in [-0.39, 0.29) is 0 Å². The van der Waals surface area contributed by atoms with Gasteiger partial charge in [0.05, 0.1) is 11.7 Å². The van der Waals surface area contributed by atoms with E-state index in [1.54, 1.807) is 0 Å². The summed E-state index contributed by atoms with van der Waals surface area (Å²) >= 11 is 0. The van der Waals surface area contributed by atoms with E-state index in [9.17, 15) is 0 Å². The Morgan fingerprint density at radius 3 is 2.67 bits per heavy atom. The Labute approximate surface area is 129 Å². The molecular formula is C18H31N3. The van der Waals surface area contributed by atoms with Crippen LogP contribution >= 0.6 is 0 Å². The summed E-state index contributed by atoms with van der Waals surface area (Å²) in [6.07, 6.45) is 11.4. The highest BCUT2D eigenvalue weighted by atomic mass is 15.3. The van der Waals surface area contributed by atoms with Gasteiger partial charge in [0.25, 0.3) is 0 Å². The van der Waals surface area contributed by atoms with Crippen molar-refractivity contribution in [3.63, 3.8) is 0 Å². The van der Waals surface area contributed by atoms with Crippen LogP contribution in [0.1, 0.15) is 71.0 Å². The van der Waals surface area contributed by atoms with Gasteiger partial charge in [-0.2, -0.15) is 5.10 Å². The van der Waals surface area contributed by atoms with Crippen molar-refractivity contribution >= 4 is 0 Å². The van der Waals surface area contributed by atoms with E-state index in [4.69, 9.17) is 5.10 Å². The quantitative estimate of drug-likeness (QED) is 0.859. The maximum atomic E-state index is 4.89. The minimum atomic E-state index is 0.527. The SMILES string of the molecule is CCNC(Cc1ccn(C2CCCCC2)n1)C1CC1(C)C. The average molecular weight is 289 g/mol. The summed E-state index contributed by atoms with van der Waals surface area (Å²) in [4.78, 5) is 0. The summed E-state index contributed by atoms with van der Waals surface area (Å²) in [7, 11) is 0. The molecule has 0 amide bonds. The molecule has 2 saturated carbocycles. The second kappa shape index (κ2) is 6.12. The van der Waals surface area contributed by atoms with Gasteiger partial charge in [-0.3, -0.25) is 4.68 Å². The fourth-order valence-corrected chi connectivity index (χ4v) is 4.07. The van der Waals surface area contributed by atoms with Crippen LogP contribution in [0.25, 0.3) is 0 Å². The van der Waals surface area contributed by atoms with Gasteiger partial charge in [0.1, 0.15) is 0 Å². The molecule has 118 valence electrons. The highest BCUT2D eigenvalue weighted by molar-refractivity contribution is 5.09. The van der Waals surface area contributed by atoms with Crippen molar-refractivity contribution in [1.82, 2.24) is 15.1 Å². The van der Waals surface area contributed by atoms with Gasteiger partial charge < -0.3 is 5.32 Å². The van der Waals surface area contributed by atoms with E-state index in [2.05, 4.69) is 43.0 Å². The van der Waals surface area contributed by atoms with Crippen LogP contribution in [0.5, 0.6) is 0 Å². The van der Waals surface area contributed by atoms with Gasteiger partial charge >= 0.3 is 0 Å². The van der Waals surface area contributed by atoms with Crippen LogP contribution in [0, 0.1) is 11.3 Å². The molecule has 0 radical (unpaired) electrons. The molecule has 1 heterocycles. The van der Waals surface area contributed by atoms with Crippen LogP contribution in [0.4, 0.5) is 0 Å². The first-order valence-corrected chi connectivity index (χ1v) is 8.87. The van der Waals surface area contributed by atoms with E-state index in [1.807, 2.05) is 0 Å². The van der Waals surface area contributed by atoms with Gasteiger partial charge in [-0.1, -0.05) is 40.0 Å². The van der Waals surface area contributed by atoms with Gasteiger partial charge in [0, 0.05) is 18.7 Å². The van der Waals surface area contributed by atoms with Crippen molar-refractivity contribution in [2.75, 3.05) is 6.54 Å². The van der Waals surface area contributed by atoms with Crippen LogP contribution in [0.3, 0.4) is 0 Å². The summed E-state index contributed by atoms with van der Waals surface area (Å²) in [5, 5.41) is 8.58. The first kappa shape index (κ1) is 15.1. The lowest BCUT2D eigenvalue weighted by Gasteiger charge is -2.22. The maximum Gasteiger partial charge on any atom is 0.0640 e. The molecule has 21 heavy (non-hydrogen) atoms. The fourth-order valence-electron chi connectivity index (χ4n) is 4.07. The second-order valence-electron chi connectivity index (χ2n) is 7.75. The Morgan fingerprint density at radius 1 is 1.33 bits per heavy atom. The van der Waals surface area contributed by atoms with E-state index in [1.165, 1.54) is 44.2 Å². The molecule has 1 aromatic rings. The zero-order valence-corrected chi connectivity index (χ0v) is 13.9. The Bertz CT molecular complexity index is 457. The fraction of sp³-hybridized carbons (Fsp3) is 0.833. The predicted octanol–water partition coefficient (Wildman–Crippen LogP) is 3.96. The summed E-state index contributed by atoms with van der Waals surface area (Å²) in [6.45, 7) is 8.05. The normalized spacial score (nSPS) is 26.7. The Morgan fingerprint density at radius 2 is 2.05 bits per heavy atom. The number of aromatic nitrogens is 2. The molecule has 0 aliphatic heterocycles. The largest absolute Gasteiger partial charge is 0.314 e. The molecule has 1 N–H and O–H groups in total. The van der Waals surface area contributed by atoms with Crippen LogP contribution in [-0.2, 0) is 6.42 Å². The molecular weight excluding hydrogens is 258 g/mol. The standard InChI is InChI=1S/C18H31N3/c1-4-19-17(16-13-18(16,2)3)12-14-10-11-21(20-14)15-8-6-5-7-9-15/h10-11,15-17,19H,4-9,12-13H2,1-3H3. The molecule has 2 aliphatic carbocycles. The van der Waals surface area contributed by atoms with Crippen LogP contribution in [-0.4, -0.2) is 22.4 Å². The lowest BCUT2D eigenvalue weighted by molar-refractivity contribution is 0.326. The molecule has 2 aliphatic rings. The molecule has 0 aromatic carbocycles. The molecule has 3 rings (SSSR count). The van der Waals surface area contributed by atoms with Crippen molar-refractivity contribution in [1.29, 1.82) is 0 Å². The molecule has 0 spiro atoms. The summed E-state index contributed by atoms with van der Waals surface area (Å²) in [5.74, 6) is 0.817. The number of likely N-dealkylation sites (N-methyl/N-ethyl adjacent to an activating group) is 1. The van der Waals surface area contributed by atoms with Crippen molar-refractivity contribution in [2.45, 2.75) is 77.8 Å². The second-order valence-corrected chi connectivity index (χ2v) is 7.75. The minimum absolute atomic E-state index is 0.527. The molecule has 0 saturated heterocycles. The monoisotopic (exact) mass is 289 g/mol. The minimum Gasteiger partial charge on any atom is -0.314 e. The number of rotatable bonds is 6. The van der Waals surface area contributed by atoms with E-state index < -0.39 is 0 Å². The molecule has 1 aromatic heterocycles. The topological polar surface area (TPSA) is 29.9 Å². The first-order valence-electron chi connectivity index (χ1n) is 8.87. The Kier molecular flexibility index (Phi) is 4.39. The Hall–Kier alpha value is -0.830. The third kappa shape index (κ3) is 3.50. The predicted molar refractivity (Wildman–Crippen MR) is 87.4 cm³/mol. The van der Waals surface area contributed by atoms with Gasteiger partial charge in [0.2, 0.25) is 0 Å².